The standard InChI is InChI=1S/C10H17NO2/c1-9-3-2-7(9)4-10(11,6-9)5-8(12)13/h7H,2-6,11H2,1H3,(H,12,13). The van der Waals surface area contributed by atoms with Gasteiger partial charge in [-0.2, -0.15) is 0 Å². The van der Waals surface area contributed by atoms with Crippen molar-refractivity contribution >= 4 is 5.97 Å². The molecule has 0 spiro atoms. The smallest absolute Gasteiger partial charge is 0.305 e. The lowest BCUT2D eigenvalue weighted by Gasteiger charge is -2.41. The van der Waals surface area contributed by atoms with E-state index in [0.29, 0.717) is 11.3 Å². The second-order valence-electron chi connectivity index (χ2n) is 5.20. The van der Waals surface area contributed by atoms with Gasteiger partial charge in [-0.1, -0.05) is 6.92 Å². The Bertz CT molecular complexity index is 253. The Morgan fingerprint density at radius 1 is 1.69 bits per heavy atom. The minimum atomic E-state index is -0.757. The Morgan fingerprint density at radius 2 is 2.38 bits per heavy atom. The van der Waals surface area contributed by atoms with Gasteiger partial charge in [0.2, 0.25) is 0 Å². The van der Waals surface area contributed by atoms with Crippen LogP contribution in [0.5, 0.6) is 0 Å². The van der Waals surface area contributed by atoms with Gasteiger partial charge in [-0.05, 0) is 37.0 Å². The predicted molar refractivity (Wildman–Crippen MR) is 49.2 cm³/mol. The van der Waals surface area contributed by atoms with Crippen molar-refractivity contribution < 1.29 is 9.90 Å². The highest BCUT2D eigenvalue weighted by Gasteiger charge is 2.55. The Hall–Kier alpha value is -0.570. The molecule has 2 aliphatic carbocycles. The summed E-state index contributed by atoms with van der Waals surface area (Å²) < 4.78 is 0. The minimum absolute atomic E-state index is 0.138. The molecule has 0 heterocycles. The van der Waals surface area contributed by atoms with Crippen molar-refractivity contribution in [3.63, 3.8) is 0 Å². The maximum atomic E-state index is 10.6. The molecule has 3 heteroatoms. The second kappa shape index (κ2) is 2.47. The molecule has 3 unspecified atom stereocenters. The maximum Gasteiger partial charge on any atom is 0.305 e. The van der Waals surface area contributed by atoms with Gasteiger partial charge in [-0.25, -0.2) is 0 Å². The fourth-order valence-electron chi connectivity index (χ4n) is 3.23. The number of aliphatic carboxylic acids is 1. The number of hydrogen-bond acceptors (Lipinski definition) is 2. The number of fused-ring (bicyclic) bond motifs is 1. The van der Waals surface area contributed by atoms with E-state index in [1.54, 1.807) is 0 Å². The molecular formula is C10H17NO2. The zero-order valence-electron chi connectivity index (χ0n) is 8.05. The van der Waals surface area contributed by atoms with Crippen LogP contribution in [0.25, 0.3) is 0 Å². The van der Waals surface area contributed by atoms with Crippen LogP contribution >= 0.6 is 0 Å². The van der Waals surface area contributed by atoms with Crippen LogP contribution in [0.1, 0.15) is 39.0 Å². The third kappa shape index (κ3) is 1.35. The number of carboxylic acids is 1. The molecule has 2 fully saturated rings. The van der Waals surface area contributed by atoms with Crippen LogP contribution in [0.4, 0.5) is 0 Å². The van der Waals surface area contributed by atoms with Gasteiger partial charge in [0.25, 0.3) is 0 Å². The summed E-state index contributed by atoms with van der Waals surface area (Å²) in [5.74, 6) is -0.0655. The third-order valence-corrected chi connectivity index (χ3v) is 3.96. The maximum absolute atomic E-state index is 10.6. The van der Waals surface area contributed by atoms with Crippen molar-refractivity contribution in [2.24, 2.45) is 17.1 Å². The van der Waals surface area contributed by atoms with Crippen molar-refractivity contribution in [1.29, 1.82) is 0 Å². The largest absolute Gasteiger partial charge is 0.481 e. The molecule has 0 aromatic heterocycles. The molecule has 0 amide bonds. The summed E-state index contributed by atoms with van der Waals surface area (Å²) in [6.45, 7) is 2.25. The predicted octanol–water partition coefficient (Wildman–Crippen LogP) is 1.37. The van der Waals surface area contributed by atoms with Crippen molar-refractivity contribution in [2.75, 3.05) is 0 Å². The van der Waals surface area contributed by atoms with Crippen LogP contribution in [0.2, 0.25) is 0 Å². The van der Waals surface area contributed by atoms with Crippen LogP contribution in [0.15, 0.2) is 0 Å². The summed E-state index contributed by atoms with van der Waals surface area (Å²) in [5.41, 5.74) is 6.04. The van der Waals surface area contributed by atoms with E-state index < -0.39 is 11.5 Å². The van der Waals surface area contributed by atoms with Gasteiger partial charge in [-0.3, -0.25) is 4.79 Å². The van der Waals surface area contributed by atoms with Gasteiger partial charge in [0.1, 0.15) is 0 Å². The van der Waals surface area contributed by atoms with Crippen molar-refractivity contribution in [3.05, 3.63) is 0 Å². The van der Waals surface area contributed by atoms with E-state index in [0.717, 1.165) is 12.8 Å². The second-order valence-corrected chi connectivity index (χ2v) is 5.20. The number of rotatable bonds is 2. The molecule has 2 saturated carbocycles. The van der Waals surface area contributed by atoms with Crippen molar-refractivity contribution in [1.82, 2.24) is 0 Å². The number of carboxylic acid groups (broad SMARTS) is 1. The van der Waals surface area contributed by atoms with E-state index >= 15 is 0 Å². The van der Waals surface area contributed by atoms with Crippen LogP contribution in [-0.2, 0) is 4.79 Å². The average molecular weight is 183 g/mol. The van der Waals surface area contributed by atoms with E-state index in [4.69, 9.17) is 10.8 Å². The summed E-state index contributed by atoms with van der Waals surface area (Å²) in [5, 5.41) is 8.74. The Morgan fingerprint density at radius 3 is 2.69 bits per heavy atom. The molecule has 0 aromatic carbocycles. The SMILES string of the molecule is CC12CCC1CC(N)(CC(=O)O)C2. The lowest BCUT2D eigenvalue weighted by atomic mass is 9.63. The first-order chi connectivity index (χ1) is 5.94. The molecule has 2 rings (SSSR count). The van der Waals surface area contributed by atoms with Crippen LogP contribution in [0, 0.1) is 11.3 Å². The van der Waals surface area contributed by atoms with Gasteiger partial charge in [-0.15, -0.1) is 0 Å². The third-order valence-electron chi connectivity index (χ3n) is 3.96. The van der Waals surface area contributed by atoms with Crippen molar-refractivity contribution in [3.8, 4) is 0 Å². The quantitative estimate of drug-likeness (QED) is 0.679. The molecule has 3 nitrogen and oxygen atoms in total. The summed E-state index contributed by atoms with van der Waals surface area (Å²) in [7, 11) is 0. The molecule has 0 bridgehead atoms. The first kappa shape index (κ1) is 9.00. The van der Waals surface area contributed by atoms with Crippen LogP contribution < -0.4 is 5.73 Å². The molecular weight excluding hydrogens is 166 g/mol. The number of carbonyl (C=O) groups is 1. The average Bonchev–Trinajstić information content (AvgIpc) is 2.10. The zero-order chi connectivity index (χ0) is 9.69. The van der Waals surface area contributed by atoms with Gasteiger partial charge in [0.15, 0.2) is 0 Å². The fraction of sp³-hybridized carbons (Fsp3) is 0.900. The van der Waals surface area contributed by atoms with Crippen LogP contribution in [-0.4, -0.2) is 16.6 Å². The Labute approximate surface area is 78.3 Å². The highest BCUT2D eigenvalue weighted by Crippen LogP contribution is 2.60. The lowest BCUT2D eigenvalue weighted by molar-refractivity contribution is -0.138. The summed E-state index contributed by atoms with van der Waals surface area (Å²) in [6.07, 6.45) is 4.43. The van der Waals surface area contributed by atoms with Gasteiger partial charge >= 0.3 is 5.97 Å². The molecule has 0 radical (unpaired) electrons. The Balaban J connectivity index is 2.07. The van der Waals surface area contributed by atoms with E-state index in [9.17, 15) is 4.79 Å². The molecule has 0 saturated heterocycles. The molecule has 0 aliphatic heterocycles. The van der Waals surface area contributed by atoms with Gasteiger partial charge in [0, 0.05) is 5.54 Å². The Kier molecular flexibility index (Phi) is 1.71. The van der Waals surface area contributed by atoms with Gasteiger partial charge < -0.3 is 10.8 Å². The van der Waals surface area contributed by atoms with E-state index in [-0.39, 0.29) is 6.42 Å². The minimum Gasteiger partial charge on any atom is -0.481 e. The normalized spacial score (nSPS) is 48.3. The van der Waals surface area contributed by atoms with E-state index in [1.807, 2.05) is 0 Å². The highest BCUT2D eigenvalue weighted by atomic mass is 16.4. The fourth-order valence-corrected chi connectivity index (χ4v) is 3.23. The zero-order valence-corrected chi connectivity index (χ0v) is 8.05. The summed E-state index contributed by atoms with van der Waals surface area (Å²) in [4.78, 5) is 10.6. The number of hydrogen-bond donors (Lipinski definition) is 2. The molecule has 2 aliphatic rings. The van der Waals surface area contributed by atoms with E-state index in [1.165, 1.54) is 12.8 Å². The summed E-state index contributed by atoms with van der Waals surface area (Å²) in [6, 6.07) is 0. The topological polar surface area (TPSA) is 63.3 Å². The molecule has 13 heavy (non-hydrogen) atoms. The monoisotopic (exact) mass is 183 g/mol. The highest BCUT2D eigenvalue weighted by molar-refractivity contribution is 5.68. The molecule has 0 aromatic rings. The van der Waals surface area contributed by atoms with Crippen molar-refractivity contribution in [2.45, 2.75) is 44.6 Å². The lowest BCUT2D eigenvalue weighted by Crippen LogP contribution is -2.40. The first-order valence-corrected chi connectivity index (χ1v) is 4.94. The molecule has 3 atom stereocenters. The van der Waals surface area contributed by atoms with E-state index in [2.05, 4.69) is 6.92 Å². The van der Waals surface area contributed by atoms with Crippen LogP contribution in [0.3, 0.4) is 0 Å². The molecule has 74 valence electrons. The first-order valence-electron chi connectivity index (χ1n) is 4.94. The summed E-state index contributed by atoms with van der Waals surface area (Å²) >= 11 is 0. The number of nitrogens with two attached hydrogens (primary N) is 1. The van der Waals surface area contributed by atoms with Gasteiger partial charge in [0.05, 0.1) is 6.42 Å². The molecule has 3 N–H and O–H groups in total.